The van der Waals surface area contributed by atoms with Crippen molar-refractivity contribution in [2.75, 3.05) is 31.3 Å². The number of carbonyl (C=O) groups is 1. The van der Waals surface area contributed by atoms with E-state index in [1.165, 1.54) is 5.56 Å². The molecule has 2 unspecified atom stereocenters. The molecule has 2 aliphatic heterocycles. The summed E-state index contributed by atoms with van der Waals surface area (Å²) in [4.78, 5) is 11.8. The highest BCUT2D eigenvalue weighted by atomic mass is 32.3. The summed E-state index contributed by atoms with van der Waals surface area (Å²) in [5.74, 6) is 2.93. The van der Waals surface area contributed by atoms with Gasteiger partial charge in [0.2, 0.25) is 0 Å². The van der Waals surface area contributed by atoms with Crippen molar-refractivity contribution in [2.45, 2.75) is 52.7 Å². The first-order chi connectivity index (χ1) is 20.2. The average molecular weight is 595 g/mol. The fourth-order valence-electron chi connectivity index (χ4n) is 5.83. The number of ether oxygens (including phenoxy) is 4. The van der Waals surface area contributed by atoms with Crippen LogP contribution >= 0.6 is 10.6 Å². The molecule has 226 valence electrons. The Morgan fingerprint density at radius 2 is 1.67 bits per heavy atom. The van der Waals surface area contributed by atoms with E-state index in [0.717, 1.165) is 52.2 Å². The second-order valence-corrected chi connectivity index (χ2v) is 13.9. The van der Waals surface area contributed by atoms with Gasteiger partial charge in [0.25, 0.3) is 0 Å². The van der Waals surface area contributed by atoms with Crippen LogP contribution in [0.25, 0.3) is 11.1 Å². The lowest BCUT2D eigenvalue weighted by Crippen LogP contribution is -2.34. The number of esters is 1. The standard InChI is InChI=1S/C34H42O7S/c1-4-38-32(35)19-29-22-41-34(29)27-8-10-30(11-9-27)39-21-26-6-5-7-28(18-26)33-23(2)16-31(17-24(33)3)40-20-25-12-14-42(36,37)15-13-25/h5-11,16-18,25,29,34,36-37H,4,12-15,19-22H2,1-3H3. The van der Waals surface area contributed by atoms with Crippen molar-refractivity contribution < 1.29 is 32.8 Å². The summed E-state index contributed by atoms with van der Waals surface area (Å²) in [5.41, 5.74) is 6.75. The lowest BCUT2D eigenvalue weighted by atomic mass is 9.89. The van der Waals surface area contributed by atoms with E-state index in [1.54, 1.807) is 0 Å². The first-order valence-corrected chi connectivity index (χ1v) is 16.7. The van der Waals surface area contributed by atoms with Gasteiger partial charge in [-0.25, -0.2) is 0 Å². The molecule has 0 spiro atoms. The predicted molar refractivity (Wildman–Crippen MR) is 166 cm³/mol. The number of hydrogen-bond donors (Lipinski definition) is 2. The van der Waals surface area contributed by atoms with Crippen molar-refractivity contribution in [3.8, 4) is 22.6 Å². The summed E-state index contributed by atoms with van der Waals surface area (Å²) in [5, 5.41) is 0. The molecule has 8 heteroatoms. The van der Waals surface area contributed by atoms with Gasteiger partial charge in [-0.1, -0.05) is 30.3 Å². The SMILES string of the molecule is CCOC(=O)CC1COC1c1ccc(OCc2cccc(-c3c(C)cc(OCC4CCS(O)(O)CC4)cc3C)c2)cc1. The van der Waals surface area contributed by atoms with Crippen molar-refractivity contribution in [1.82, 2.24) is 0 Å². The Balaban J connectivity index is 1.17. The van der Waals surface area contributed by atoms with Gasteiger partial charge in [-0.2, -0.15) is 10.6 Å². The van der Waals surface area contributed by atoms with Crippen LogP contribution in [-0.2, 0) is 20.9 Å². The number of hydrogen-bond acceptors (Lipinski definition) is 7. The van der Waals surface area contributed by atoms with Gasteiger partial charge in [-0.3, -0.25) is 13.9 Å². The number of rotatable bonds is 11. The third-order valence-electron chi connectivity index (χ3n) is 8.18. The van der Waals surface area contributed by atoms with E-state index in [1.807, 2.05) is 31.2 Å². The van der Waals surface area contributed by atoms with Crippen molar-refractivity contribution >= 4 is 16.6 Å². The van der Waals surface area contributed by atoms with E-state index in [4.69, 9.17) is 18.9 Å². The molecule has 0 bridgehead atoms. The average Bonchev–Trinajstić information content (AvgIpc) is 2.94. The van der Waals surface area contributed by atoms with Gasteiger partial charge >= 0.3 is 5.97 Å². The highest BCUT2D eigenvalue weighted by Gasteiger charge is 2.35. The van der Waals surface area contributed by atoms with Gasteiger partial charge in [0.05, 0.1) is 32.3 Å². The van der Waals surface area contributed by atoms with Crippen LogP contribution in [0.1, 0.15) is 54.5 Å². The monoisotopic (exact) mass is 594 g/mol. The van der Waals surface area contributed by atoms with Crippen LogP contribution in [0.3, 0.4) is 0 Å². The molecule has 2 N–H and O–H groups in total. The molecule has 0 aromatic heterocycles. The maximum atomic E-state index is 11.8. The molecular formula is C34H42O7S. The summed E-state index contributed by atoms with van der Waals surface area (Å²) in [6.07, 6.45) is 1.88. The summed E-state index contributed by atoms with van der Waals surface area (Å²) in [6, 6.07) is 20.5. The molecule has 0 amide bonds. The zero-order valence-corrected chi connectivity index (χ0v) is 25.5. The summed E-state index contributed by atoms with van der Waals surface area (Å²) in [6.45, 7) is 8.06. The number of benzene rings is 3. The lowest BCUT2D eigenvalue weighted by Gasteiger charge is -2.39. The van der Waals surface area contributed by atoms with Crippen molar-refractivity contribution in [3.63, 3.8) is 0 Å². The van der Waals surface area contributed by atoms with Crippen LogP contribution < -0.4 is 9.47 Å². The van der Waals surface area contributed by atoms with Crippen LogP contribution in [-0.4, -0.2) is 46.4 Å². The van der Waals surface area contributed by atoms with Crippen molar-refractivity contribution in [1.29, 1.82) is 0 Å². The molecule has 2 fully saturated rings. The Hall–Kier alpha value is -3.04. The van der Waals surface area contributed by atoms with Crippen LogP contribution in [0.4, 0.5) is 0 Å². The third-order valence-corrected chi connectivity index (χ3v) is 9.96. The first-order valence-electron chi connectivity index (χ1n) is 14.8. The molecule has 2 saturated heterocycles. The summed E-state index contributed by atoms with van der Waals surface area (Å²) < 4.78 is 42.8. The summed E-state index contributed by atoms with van der Waals surface area (Å²) in [7, 11) is -2.36. The van der Waals surface area contributed by atoms with Gasteiger partial charge < -0.3 is 18.9 Å². The van der Waals surface area contributed by atoms with E-state index >= 15 is 0 Å². The van der Waals surface area contributed by atoms with Crippen LogP contribution in [0, 0.1) is 25.7 Å². The van der Waals surface area contributed by atoms with Gasteiger partial charge in [-0.05, 0) is 103 Å². The second-order valence-electron chi connectivity index (χ2n) is 11.5. The quantitative estimate of drug-likeness (QED) is 0.219. The zero-order valence-electron chi connectivity index (χ0n) is 24.7. The smallest absolute Gasteiger partial charge is 0.306 e. The fraction of sp³-hybridized carbons (Fsp3) is 0.441. The number of aryl methyl sites for hydroxylation is 2. The van der Waals surface area contributed by atoms with Crippen LogP contribution in [0.5, 0.6) is 11.5 Å². The minimum Gasteiger partial charge on any atom is -0.493 e. The highest BCUT2D eigenvalue weighted by Crippen LogP contribution is 2.45. The first kappa shape index (κ1) is 30.4. The molecule has 0 radical (unpaired) electrons. The van der Waals surface area contributed by atoms with Gasteiger partial charge in [0.1, 0.15) is 18.1 Å². The Morgan fingerprint density at radius 3 is 2.31 bits per heavy atom. The molecular weight excluding hydrogens is 552 g/mol. The predicted octanol–water partition coefficient (Wildman–Crippen LogP) is 7.73. The molecule has 0 saturated carbocycles. The molecule has 3 aromatic rings. The molecule has 7 nitrogen and oxygen atoms in total. The minimum atomic E-state index is -2.36. The largest absolute Gasteiger partial charge is 0.493 e. The van der Waals surface area contributed by atoms with Gasteiger partial charge in [0.15, 0.2) is 0 Å². The highest BCUT2D eigenvalue weighted by molar-refractivity contribution is 8.24. The molecule has 42 heavy (non-hydrogen) atoms. The maximum Gasteiger partial charge on any atom is 0.306 e. The fourth-order valence-corrected chi connectivity index (χ4v) is 7.46. The normalized spacial score (nSPS) is 20.8. The Labute approximate surface area is 250 Å². The van der Waals surface area contributed by atoms with E-state index in [0.29, 0.717) is 50.3 Å². The van der Waals surface area contributed by atoms with E-state index < -0.39 is 10.6 Å². The number of carbonyl (C=O) groups excluding carboxylic acids is 1. The van der Waals surface area contributed by atoms with E-state index in [9.17, 15) is 13.9 Å². The zero-order chi connectivity index (χ0) is 29.7. The molecule has 0 aliphatic carbocycles. The lowest BCUT2D eigenvalue weighted by molar-refractivity contribution is -0.158. The van der Waals surface area contributed by atoms with Crippen molar-refractivity contribution in [3.05, 3.63) is 82.9 Å². The van der Waals surface area contributed by atoms with Crippen LogP contribution in [0.15, 0.2) is 60.7 Å². The van der Waals surface area contributed by atoms with Crippen molar-refractivity contribution in [2.24, 2.45) is 11.8 Å². The topological polar surface area (TPSA) is 94.5 Å². The molecule has 3 aromatic carbocycles. The summed E-state index contributed by atoms with van der Waals surface area (Å²) >= 11 is 0. The molecule has 2 atom stereocenters. The molecule has 5 rings (SSSR count). The molecule has 2 heterocycles. The van der Waals surface area contributed by atoms with Crippen LogP contribution in [0.2, 0.25) is 0 Å². The molecule has 2 aliphatic rings. The van der Waals surface area contributed by atoms with Gasteiger partial charge in [-0.15, -0.1) is 0 Å². The van der Waals surface area contributed by atoms with E-state index in [2.05, 4.69) is 50.2 Å². The Bertz CT molecular complexity index is 1340. The van der Waals surface area contributed by atoms with E-state index in [-0.39, 0.29) is 18.0 Å². The van der Waals surface area contributed by atoms with Gasteiger partial charge in [0, 0.05) is 17.4 Å². The Kier molecular flexibility index (Phi) is 9.78. The minimum absolute atomic E-state index is 0.0839. The Morgan fingerprint density at radius 1 is 0.952 bits per heavy atom. The maximum absolute atomic E-state index is 11.8. The third kappa shape index (κ3) is 7.67. The second kappa shape index (κ2) is 13.5.